The largest absolute Gasteiger partial charge is 0.550 e. The summed E-state index contributed by atoms with van der Waals surface area (Å²) in [7, 11) is 0. The molecule has 0 bridgehead atoms. The molecule has 0 amide bonds. The number of quaternary nitrogens is 1. The van der Waals surface area contributed by atoms with Crippen LogP contribution in [0.2, 0.25) is 0 Å². The lowest BCUT2D eigenvalue weighted by Gasteiger charge is -2.12. The van der Waals surface area contributed by atoms with Gasteiger partial charge in [0, 0.05) is 19.0 Å². The fraction of sp³-hybridized carbons (Fsp3) is 0.963. The number of unbranched alkanes of at least 4 members (excludes halogenated alkanes) is 17. The van der Waals surface area contributed by atoms with Crippen LogP contribution < -0.4 is 10.8 Å². The van der Waals surface area contributed by atoms with Gasteiger partial charge >= 0.3 is 0 Å². The SMILES string of the molecule is CCCCCCCCCCCCCCCCCC[NH3+].CCCCCOC(C)CC(=O)[O-]. The molecule has 0 saturated carbocycles. The van der Waals surface area contributed by atoms with Gasteiger partial charge in [0.1, 0.15) is 0 Å². The minimum atomic E-state index is -1.04. The van der Waals surface area contributed by atoms with E-state index < -0.39 is 5.97 Å². The van der Waals surface area contributed by atoms with Gasteiger partial charge in [-0.2, -0.15) is 0 Å². The Labute approximate surface area is 195 Å². The Kier molecular flexibility index (Phi) is 30.9. The fourth-order valence-corrected chi connectivity index (χ4v) is 3.66. The zero-order valence-electron chi connectivity index (χ0n) is 21.6. The molecule has 188 valence electrons. The van der Waals surface area contributed by atoms with E-state index in [1.165, 1.54) is 103 Å². The third kappa shape index (κ3) is 34.2. The van der Waals surface area contributed by atoms with Crippen molar-refractivity contribution in [3.05, 3.63) is 0 Å². The van der Waals surface area contributed by atoms with Gasteiger partial charge < -0.3 is 20.4 Å². The van der Waals surface area contributed by atoms with Crippen LogP contribution in [0.4, 0.5) is 0 Å². The molecule has 0 rings (SSSR count). The van der Waals surface area contributed by atoms with Gasteiger partial charge in [0.15, 0.2) is 0 Å². The van der Waals surface area contributed by atoms with Crippen LogP contribution in [0.15, 0.2) is 0 Å². The molecule has 0 aliphatic rings. The van der Waals surface area contributed by atoms with Crippen molar-refractivity contribution in [1.82, 2.24) is 0 Å². The molecular weight excluding hydrogens is 386 g/mol. The van der Waals surface area contributed by atoms with Crippen molar-refractivity contribution in [2.24, 2.45) is 0 Å². The summed E-state index contributed by atoms with van der Waals surface area (Å²) in [6.45, 7) is 7.94. The van der Waals surface area contributed by atoms with Crippen LogP contribution in [-0.4, -0.2) is 25.2 Å². The topological polar surface area (TPSA) is 77.0 Å². The highest BCUT2D eigenvalue weighted by molar-refractivity contribution is 5.64. The van der Waals surface area contributed by atoms with Crippen LogP contribution in [0.1, 0.15) is 149 Å². The summed E-state index contributed by atoms with van der Waals surface area (Å²) in [4.78, 5) is 10.1. The summed E-state index contributed by atoms with van der Waals surface area (Å²) in [5.41, 5.74) is 3.89. The fourth-order valence-electron chi connectivity index (χ4n) is 3.66. The van der Waals surface area contributed by atoms with E-state index in [1.807, 2.05) is 0 Å². The number of carboxylic acid groups (broad SMARTS) is 1. The van der Waals surface area contributed by atoms with E-state index in [0.29, 0.717) is 6.61 Å². The molecule has 0 aromatic rings. The number of ether oxygens (including phenoxy) is 1. The Morgan fingerprint density at radius 2 is 1.03 bits per heavy atom. The van der Waals surface area contributed by atoms with Gasteiger partial charge in [-0.3, -0.25) is 0 Å². The highest BCUT2D eigenvalue weighted by Crippen LogP contribution is 2.13. The number of hydrogen-bond acceptors (Lipinski definition) is 3. The highest BCUT2D eigenvalue weighted by atomic mass is 16.5. The molecule has 1 unspecified atom stereocenters. The Hall–Kier alpha value is -0.610. The van der Waals surface area contributed by atoms with Crippen LogP contribution in [0.25, 0.3) is 0 Å². The van der Waals surface area contributed by atoms with Crippen molar-refractivity contribution in [3.63, 3.8) is 0 Å². The monoisotopic (exact) mass is 443 g/mol. The van der Waals surface area contributed by atoms with Crippen LogP contribution in [-0.2, 0) is 9.53 Å². The number of rotatable bonds is 23. The normalized spacial score (nSPS) is 11.7. The van der Waals surface area contributed by atoms with E-state index in [4.69, 9.17) is 4.74 Å². The Balaban J connectivity index is 0. The number of carbonyl (C=O) groups excluding carboxylic acids is 1. The van der Waals surface area contributed by atoms with Crippen LogP contribution in [0.5, 0.6) is 0 Å². The summed E-state index contributed by atoms with van der Waals surface area (Å²) in [5, 5.41) is 10.1. The molecule has 0 fully saturated rings. The first-order chi connectivity index (χ1) is 15.1. The lowest BCUT2D eigenvalue weighted by molar-refractivity contribution is -0.368. The average molecular weight is 444 g/mol. The molecule has 4 heteroatoms. The van der Waals surface area contributed by atoms with Crippen molar-refractivity contribution < 1.29 is 20.4 Å². The first kappa shape index (κ1) is 32.6. The predicted molar refractivity (Wildman–Crippen MR) is 132 cm³/mol. The molecule has 0 aliphatic carbocycles. The summed E-state index contributed by atoms with van der Waals surface area (Å²) in [6.07, 6.45) is 26.3. The maximum absolute atomic E-state index is 10.1. The second kappa shape index (κ2) is 29.4. The third-order valence-electron chi connectivity index (χ3n) is 5.71. The van der Waals surface area contributed by atoms with Crippen LogP contribution in [0.3, 0.4) is 0 Å². The molecule has 4 nitrogen and oxygen atoms in total. The highest BCUT2D eigenvalue weighted by Gasteiger charge is 2.01. The van der Waals surface area contributed by atoms with Crippen molar-refractivity contribution in [2.45, 2.75) is 155 Å². The number of hydrogen-bond donors (Lipinski definition) is 1. The summed E-state index contributed by atoms with van der Waals surface area (Å²) in [6, 6.07) is 0. The Morgan fingerprint density at radius 3 is 1.39 bits per heavy atom. The van der Waals surface area contributed by atoms with Gasteiger partial charge in [0.25, 0.3) is 0 Å². The van der Waals surface area contributed by atoms with E-state index >= 15 is 0 Å². The molecule has 1 atom stereocenters. The van der Waals surface area contributed by atoms with Gasteiger partial charge in [-0.05, 0) is 26.2 Å². The molecule has 31 heavy (non-hydrogen) atoms. The van der Waals surface area contributed by atoms with Crippen LogP contribution >= 0.6 is 0 Å². The third-order valence-corrected chi connectivity index (χ3v) is 5.71. The molecule has 3 N–H and O–H groups in total. The van der Waals surface area contributed by atoms with E-state index in [2.05, 4.69) is 19.6 Å². The van der Waals surface area contributed by atoms with Gasteiger partial charge in [-0.1, -0.05) is 117 Å². The van der Waals surface area contributed by atoms with Gasteiger partial charge in [0.05, 0.1) is 12.6 Å². The first-order valence-electron chi connectivity index (χ1n) is 13.7. The molecular formula is C27H57NO3. The predicted octanol–water partition coefficient (Wildman–Crippen LogP) is 6.21. The lowest BCUT2D eigenvalue weighted by atomic mass is 10.0. The van der Waals surface area contributed by atoms with Crippen molar-refractivity contribution in [1.29, 1.82) is 0 Å². The summed E-state index contributed by atoms with van der Waals surface area (Å²) < 4.78 is 5.23. The minimum absolute atomic E-state index is 0.00781. The lowest BCUT2D eigenvalue weighted by Crippen LogP contribution is -2.50. The number of carboxylic acids is 1. The number of carbonyl (C=O) groups is 1. The average Bonchev–Trinajstić information content (AvgIpc) is 2.74. The Morgan fingerprint density at radius 1 is 0.677 bits per heavy atom. The zero-order chi connectivity index (χ0) is 23.4. The second-order valence-corrected chi connectivity index (χ2v) is 9.12. The molecule has 0 saturated heterocycles. The van der Waals surface area contributed by atoms with E-state index in [9.17, 15) is 9.90 Å². The van der Waals surface area contributed by atoms with E-state index in [1.54, 1.807) is 6.92 Å². The summed E-state index contributed by atoms with van der Waals surface area (Å²) >= 11 is 0. The second-order valence-electron chi connectivity index (χ2n) is 9.12. The van der Waals surface area contributed by atoms with E-state index in [0.717, 1.165) is 25.8 Å². The standard InChI is InChI=1S/C18H39N.C9H18O3/c1-2-3-4-5-6-7-8-9-10-11-12-13-14-15-16-17-18-19;1-3-4-5-6-12-8(2)7-9(10)11/h2-19H2,1H3;8H,3-7H2,1-2H3,(H,10,11). The summed E-state index contributed by atoms with van der Waals surface area (Å²) in [5.74, 6) is -1.04. The molecule has 0 aliphatic heterocycles. The first-order valence-corrected chi connectivity index (χ1v) is 13.7. The molecule has 0 heterocycles. The molecule has 0 aromatic carbocycles. The Bertz CT molecular complexity index is 320. The maximum atomic E-state index is 10.1. The minimum Gasteiger partial charge on any atom is -0.550 e. The smallest absolute Gasteiger partial charge is 0.0739 e. The van der Waals surface area contributed by atoms with Crippen LogP contribution in [0, 0.1) is 0 Å². The molecule has 0 aromatic heterocycles. The van der Waals surface area contributed by atoms with Crippen molar-refractivity contribution in [3.8, 4) is 0 Å². The van der Waals surface area contributed by atoms with Gasteiger partial charge in [-0.15, -0.1) is 0 Å². The maximum Gasteiger partial charge on any atom is 0.0739 e. The zero-order valence-corrected chi connectivity index (χ0v) is 21.6. The van der Waals surface area contributed by atoms with Gasteiger partial charge in [-0.25, -0.2) is 0 Å². The molecule has 0 spiro atoms. The quantitative estimate of drug-likeness (QED) is 0.191. The molecule has 0 radical (unpaired) electrons. The van der Waals surface area contributed by atoms with Crippen molar-refractivity contribution >= 4 is 5.97 Å². The number of aliphatic carboxylic acids is 1. The van der Waals surface area contributed by atoms with Crippen molar-refractivity contribution in [2.75, 3.05) is 13.2 Å². The van der Waals surface area contributed by atoms with Gasteiger partial charge in [0.2, 0.25) is 0 Å². The van der Waals surface area contributed by atoms with E-state index in [-0.39, 0.29) is 12.5 Å².